The van der Waals surface area contributed by atoms with Gasteiger partial charge in [0.15, 0.2) is 0 Å². The van der Waals surface area contributed by atoms with E-state index in [0.29, 0.717) is 6.04 Å². The molecule has 0 saturated heterocycles. The molecule has 0 bridgehead atoms. The van der Waals surface area contributed by atoms with Crippen molar-refractivity contribution in [1.29, 1.82) is 0 Å². The van der Waals surface area contributed by atoms with E-state index in [4.69, 9.17) is 4.98 Å². The van der Waals surface area contributed by atoms with Crippen molar-refractivity contribution in [3.05, 3.63) is 60.2 Å². The normalized spacial score (nSPS) is 15.7. The topological polar surface area (TPSA) is 33.4 Å². The SMILES string of the molecule is Cc1ccc(N(Cc2cn3cccnc3n2)C2CCCCC2)cc1. The van der Waals surface area contributed by atoms with Crippen molar-refractivity contribution in [3.63, 3.8) is 0 Å². The van der Waals surface area contributed by atoms with E-state index in [0.717, 1.165) is 18.0 Å². The van der Waals surface area contributed by atoms with Gasteiger partial charge in [-0.1, -0.05) is 37.0 Å². The highest BCUT2D eigenvalue weighted by Crippen LogP contribution is 2.29. The lowest BCUT2D eigenvalue weighted by Gasteiger charge is -2.36. The lowest BCUT2D eigenvalue weighted by molar-refractivity contribution is 0.412. The average Bonchev–Trinajstić information content (AvgIpc) is 3.04. The molecule has 4 rings (SSSR count). The first-order valence-electron chi connectivity index (χ1n) is 8.91. The monoisotopic (exact) mass is 320 g/mol. The van der Waals surface area contributed by atoms with Crippen LogP contribution in [0.2, 0.25) is 0 Å². The standard InChI is InChI=1S/C20H24N4/c1-16-8-10-19(11-9-16)24(18-6-3-2-4-7-18)15-17-14-23-13-5-12-21-20(23)22-17/h5,8-14,18H,2-4,6-7,15H2,1H3. The summed E-state index contributed by atoms with van der Waals surface area (Å²) in [6.07, 6.45) is 12.5. The Kier molecular flexibility index (Phi) is 4.20. The molecule has 0 amide bonds. The van der Waals surface area contributed by atoms with Gasteiger partial charge >= 0.3 is 0 Å². The summed E-state index contributed by atoms with van der Waals surface area (Å²) >= 11 is 0. The molecule has 1 aliphatic carbocycles. The van der Waals surface area contributed by atoms with Crippen LogP contribution in [0, 0.1) is 6.92 Å². The van der Waals surface area contributed by atoms with Crippen molar-refractivity contribution in [3.8, 4) is 0 Å². The second-order valence-corrected chi connectivity index (χ2v) is 6.81. The largest absolute Gasteiger partial charge is 0.363 e. The number of imidazole rings is 1. The summed E-state index contributed by atoms with van der Waals surface area (Å²) in [4.78, 5) is 11.6. The zero-order chi connectivity index (χ0) is 16.4. The number of aryl methyl sites for hydroxylation is 1. The maximum atomic E-state index is 4.70. The summed E-state index contributed by atoms with van der Waals surface area (Å²) in [7, 11) is 0. The van der Waals surface area contributed by atoms with Crippen LogP contribution in [0.1, 0.15) is 43.4 Å². The van der Waals surface area contributed by atoms with Gasteiger partial charge in [-0.25, -0.2) is 9.97 Å². The number of nitrogens with zero attached hydrogens (tertiary/aromatic N) is 4. The van der Waals surface area contributed by atoms with Gasteiger partial charge in [0.2, 0.25) is 5.78 Å². The molecule has 3 aromatic rings. The van der Waals surface area contributed by atoms with E-state index >= 15 is 0 Å². The minimum absolute atomic E-state index is 0.610. The molecule has 0 unspecified atom stereocenters. The minimum Gasteiger partial charge on any atom is -0.363 e. The Balaban J connectivity index is 1.64. The lowest BCUT2D eigenvalue weighted by Crippen LogP contribution is -2.36. The molecule has 124 valence electrons. The number of benzene rings is 1. The Morgan fingerprint density at radius 3 is 2.67 bits per heavy atom. The molecular weight excluding hydrogens is 296 g/mol. The second kappa shape index (κ2) is 6.63. The van der Waals surface area contributed by atoms with E-state index in [-0.39, 0.29) is 0 Å². The van der Waals surface area contributed by atoms with Crippen molar-refractivity contribution in [2.45, 2.75) is 51.6 Å². The maximum Gasteiger partial charge on any atom is 0.233 e. The first-order valence-corrected chi connectivity index (χ1v) is 8.91. The molecule has 4 heteroatoms. The van der Waals surface area contributed by atoms with Crippen molar-refractivity contribution in [2.24, 2.45) is 0 Å². The van der Waals surface area contributed by atoms with Crippen LogP contribution in [0.5, 0.6) is 0 Å². The van der Waals surface area contributed by atoms with Gasteiger partial charge in [-0.3, -0.25) is 4.40 Å². The van der Waals surface area contributed by atoms with Crippen molar-refractivity contribution < 1.29 is 0 Å². The fraction of sp³-hybridized carbons (Fsp3) is 0.400. The molecule has 0 N–H and O–H groups in total. The van der Waals surface area contributed by atoms with Crippen LogP contribution in [0.25, 0.3) is 5.78 Å². The summed E-state index contributed by atoms with van der Waals surface area (Å²) in [5.74, 6) is 0.778. The van der Waals surface area contributed by atoms with Crippen molar-refractivity contribution >= 4 is 11.5 Å². The fourth-order valence-corrected chi connectivity index (χ4v) is 3.69. The Labute approximate surface area is 143 Å². The molecule has 4 nitrogen and oxygen atoms in total. The molecule has 2 aromatic heterocycles. The van der Waals surface area contributed by atoms with Crippen LogP contribution < -0.4 is 4.90 Å². The Bertz CT molecular complexity index is 767. The van der Waals surface area contributed by atoms with Crippen LogP contribution in [0.15, 0.2) is 48.9 Å². The van der Waals surface area contributed by atoms with Crippen LogP contribution in [-0.4, -0.2) is 20.4 Å². The van der Waals surface area contributed by atoms with Gasteiger partial charge in [-0.2, -0.15) is 0 Å². The molecule has 2 heterocycles. The summed E-state index contributed by atoms with van der Waals surface area (Å²) < 4.78 is 2.00. The average molecular weight is 320 g/mol. The van der Waals surface area contributed by atoms with E-state index in [9.17, 15) is 0 Å². The van der Waals surface area contributed by atoms with E-state index in [1.165, 1.54) is 43.4 Å². The second-order valence-electron chi connectivity index (χ2n) is 6.81. The number of fused-ring (bicyclic) bond motifs is 1. The maximum absolute atomic E-state index is 4.70. The van der Waals surface area contributed by atoms with Crippen molar-refractivity contribution in [1.82, 2.24) is 14.4 Å². The van der Waals surface area contributed by atoms with Crippen LogP contribution in [-0.2, 0) is 6.54 Å². The quantitative estimate of drug-likeness (QED) is 0.715. The zero-order valence-corrected chi connectivity index (χ0v) is 14.2. The van der Waals surface area contributed by atoms with Crippen molar-refractivity contribution in [2.75, 3.05) is 4.90 Å². The Morgan fingerprint density at radius 2 is 1.92 bits per heavy atom. The summed E-state index contributed by atoms with van der Waals surface area (Å²) in [5, 5.41) is 0. The van der Waals surface area contributed by atoms with E-state index in [1.54, 1.807) is 6.20 Å². The molecule has 0 spiro atoms. The first kappa shape index (κ1) is 15.2. The third-order valence-electron chi connectivity index (χ3n) is 5.00. The highest BCUT2D eigenvalue weighted by atomic mass is 15.2. The van der Waals surface area contributed by atoms with Crippen LogP contribution in [0.4, 0.5) is 5.69 Å². The van der Waals surface area contributed by atoms with Gasteiger partial charge < -0.3 is 4.90 Å². The van der Waals surface area contributed by atoms with E-state index in [1.807, 2.05) is 16.7 Å². The first-order chi connectivity index (χ1) is 11.8. The zero-order valence-electron chi connectivity index (χ0n) is 14.2. The molecular formula is C20H24N4. The Morgan fingerprint density at radius 1 is 1.12 bits per heavy atom. The predicted molar refractivity (Wildman–Crippen MR) is 97.2 cm³/mol. The van der Waals surface area contributed by atoms with Crippen LogP contribution in [0.3, 0.4) is 0 Å². The van der Waals surface area contributed by atoms with Gasteiger partial charge in [0.05, 0.1) is 12.2 Å². The summed E-state index contributed by atoms with van der Waals surface area (Å²) in [6, 6.07) is 11.5. The predicted octanol–water partition coefficient (Wildman–Crippen LogP) is 4.38. The third kappa shape index (κ3) is 3.14. The van der Waals surface area contributed by atoms with Gasteiger partial charge in [0.25, 0.3) is 0 Å². The molecule has 1 saturated carbocycles. The van der Waals surface area contributed by atoms with Gasteiger partial charge in [-0.05, 0) is 38.0 Å². The molecule has 1 fully saturated rings. The highest BCUT2D eigenvalue weighted by molar-refractivity contribution is 5.49. The number of aromatic nitrogens is 3. The van der Waals surface area contributed by atoms with Crippen LogP contribution >= 0.6 is 0 Å². The minimum atomic E-state index is 0.610. The smallest absolute Gasteiger partial charge is 0.233 e. The van der Waals surface area contributed by atoms with Gasteiger partial charge in [0, 0.05) is 30.3 Å². The van der Waals surface area contributed by atoms with E-state index in [2.05, 4.69) is 47.3 Å². The fourth-order valence-electron chi connectivity index (χ4n) is 3.69. The van der Waals surface area contributed by atoms with Gasteiger partial charge in [0.1, 0.15) is 0 Å². The summed E-state index contributed by atoms with van der Waals surface area (Å²) in [6.45, 7) is 2.99. The number of anilines is 1. The molecule has 1 aromatic carbocycles. The molecule has 24 heavy (non-hydrogen) atoms. The Hall–Kier alpha value is -2.36. The molecule has 0 radical (unpaired) electrons. The third-order valence-corrected chi connectivity index (χ3v) is 5.00. The van der Waals surface area contributed by atoms with E-state index < -0.39 is 0 Å². The molecule has 0 atom stereocenters. The molecule has 0 aliphatic heterocycles. The number of hydrogen-bond acceptors (Lipinski definition) is 3. The highest BCUT2D eigenvalue weighted by Gasteiger charge is 2.22. The lowest BCUT2D eigenvalue weighted by atomic mass is 9.93. The molecule has 1 aliphatic rings. The van der Waals surface area contributed by atoms with Gasteiger partial charge in [-0.15, -0.1) is 0 Å². The number of hydrogen-bond donors (Lipinski definition) is 0. The summed E-state index contributed by atoms with van der Waals surface area (Å²) in [5.41, 5.74) is 3.69. The number of rotatable bonds is 4.